The summed E-state index contributed by atoms with van der Waals surface area (Å²) in [4.78, 5) is 21.3. The largest absolute Gasteiger partial charge is 0.423 e. The van der Waals surface area contributed by atoms with Crippen LogP contribution in [0.1, 0.15) is 25.7 Å². The van der Waals surface area contributed by atoms with Crippen LogP contribution in [-0.4, -0.2) is 55.1 Å². The van der Waals surface area contributed by atoms with Gasteiger partial charge in [-0.05, 0) is 44.4 Å². The lowest BCUT2D eigenvalue weighted by Crippen LogP contribution is -2.50. The highest BCUT2D eigenvalue weighted by molar-refractivity contribution is 5.78. The maximum atomic E-state index is 12.0. The van der Waals surface area contributed by atoms with Crippen LogP contribution < -0.4 is 10.2 Å². The number of carbonyl (C=O) groups is 1. The van der Waals surface area contributed by atoms with E-state index in [4.69, 9.17) is 4.42 Å². The number of rotatable bonds is 3. The maximum absolute atomic E-state index is 12.0. The zero-order valence-electron chi connectivity index (χ0n) is 14.8. The number of hydrogen-bond acceptors (Lipinski definition) is 5. The average Bonchev–Trinajstić information content (AvgIpc) is 3.12. The Morgan fingerprint density at radius 1 is 1.20 bits per heavy atom. The lowest BCUT2D eigenvalue weighted by Gasteiger charge is -2.41. The first kappa shape index (κ1) is 16.4. The van der Waals surface area contributed by atoms with E-state index in [1.165, 1.54) is 0 Å². The summed E-state index contributed by atoms with van der Waals surface area (Å²) >= 11 is 0. The molecule has 4 rings (SSSR count). The van der Waals surface area contributed by atoms with Gasteiger partial charge in [-0.3, -0.25) is 9.69 Å². The third kappa shape index (κ3) is 3.35. The highest BCUT2D eigenvalue weighted by Crippen LogP contribution is 2.28. The molecule has 1 N–H and O–H groups in total. The van der Waals surface area contributed by atoms with Gasteiger partial charge in [-0.15, -0.1) is 0 Å². The Balaban J connectivity index is 1.37. The van der Waals surface area contributed by atoms with Gasteiger partial charge in [0.05, 0.1) is 5.92 Å². The first-order valence-corrected chi connectivity index (χ1v) is 9.31. The maximum Gasteiger partial charge on any atom is 0.298 e. The SMILES string of the molecule is CNC(=O)[C@H]1CCCN(C2CCN(c3nc4ccccc4o3)CC2)C1. The third-order valence-corrected chi connectivity index (χ3v) is 5.60. The topological polar surface area (TPSA) is 61.6 Å². The molecule has 25 heavy (non-hydrogen) atoms. The van der Waals surface area contributed by atoms with E-state index in [0.29, 0.717) is 6.04 Å². The molecule has 2 aromatic rings. The van der Waals surface area contributed by atoms with E-state index in [2.05, 4.69) is 20.1 Å². The lowest BCUT2D eigenvalue weighted by atomic mass is 9.93. The van der Waals surface area contributed by atoms with Gasteiger partial charge in [-0.1, -0.05) is 12.1 Å². The monoisotopic (exact) mass is 342 g/mol. The lowest BCUT2D eigenvalue weighted by molar-refractivity contribution is -0.126. The summed E-state index contributed by atoms with van der Waals surface area (Å²) in [6.07, 6.45) is 4.32. The van der Waals surface area contributed by atoms with Crippen molar-refractivity contribution in [1.29, 1.82) is 0 Å². The van der Waals surface area contributed by atoms with Gasteiger partial charge in [0.25, 0.3) is 6.01 Å². The standard InChI is InChI=1S/C19H26N4O2/c1-20-18(24)14-5-4-10-23(13-14)15-8-11-22(12-9-15)19-21-16-6-2-3-7-17(16)25-19/h2-3,6-7,14-15H,4-5,8-13H2,1H3,(H,20,24)/t14-/m0/s1. The molecule has 0 radical (unpaired) electrons. The predicted molar refractivity (Wildman–Crippen MR) is 97.6 cm³/mol. The number of hydrogen-bond donors (Lipinski definition) is 1. The average molecular weight is 342 g/mol. The summed E-state index contributed by atoms with van der Waals surface area (Å²) in [6, 6.07) is 9.21. The highest BCUT2D eigenvalue weighted by Gasteiger charge is 2.32. The zero-order chi connectivity index (χ0) is 17.2. The molecule has 0 aliphatic carbocycles. The van der Waals surface area contributed by atoms with E-state index in [1.807, 2.05) is 24.3 Å². The van der Waals surface area contributed by atoms with E-state index < -0.39 is 0 Å². The number of amides is 1. The Morgan fingerprint density at radius 2 is 2.00 bits per heavy atom. The molecular formula is C19H26N4O2. The first-order valence-electron chi connectivity index (χ1n) is 9.31. The summed E-state index contributed by atoms with van der Waals surface area (Å²) < 4.78 is 5.90. The molecule has 134 valence electrons. The predicted octanol–water partition coefficient (Wildman–Crippen LogP) is 2.25. The van der Waals surface area contributed by atoms with Gasteiger partial charge in [0, 0.05) is 32.7 Å². The number of piperidine rings is 2. The summed E-state index contributed by atoms with van der Waals surface area (Å²) in [5.41, 5.74) is 1.77. The molecule has 0 spiro atoms. The van der Waals surface area contributed by atoms with Crippen molar-refractivity contribution in [2.24, 2.45) is 5.92 Å². The van der Waals surface area contributed by atoms with E-state index in [1.54, 1.807) is 7.05 Å². The summed E-state index contributed by atoms with van der Waals surface area (Å²) in [5, 5.41) is 2.80. The van der Waals surface area contributed by atoms with Gasteiger partial charge in [-0.25, -0.2) is 0 Å². The summed E-state index contributed by atoms with van der Waals surface area (Å²) in [6.45, 7) is 3.92. The van der Waals surface area contributed by atoms with Crippen LogP contribution in [0.4, 0.5) is 6.01 Å². The fourth-order valence-corrected chi connectivity index (χ4v) is 4.17. The van der Waals surface area contributed by atoms with Gasteiger partial charge < -0.3 is 14.6 Å². The fourth-order valence-electron chi connectivity index (χ4n) is 4.17. The molecule has 1 atom stereocenters. The number of oxazole rings is 1. The molecule has 6 nitrogen and oxygen atoms in total. The van der Waals surface area contributed by atoms with Crippen molar-refractivity contribution in [1.82, 2.24) is 15.2 Å². The minimum absolute atomic E-state index is 0.147. The summed E-state index contributed by atoms with van der Waals surface area (Å²) in [7, 11) is 1.74. The smallest absolute Gasteiger partial charge is 0.298 e. The second-order valence-electron chi connectivity index (χ2n) is 7.13. The molecule has 2 fully saturated rings. The van der Waals surface area contributed by atoms with Gasteiger partial charge >= 0.3 is 0 Å². The normalized spacial score (nSPS) is 23.1. The van der Waals surface area contributed by atoms with Crippen molar-refractivity contribution < 1.29 is 9.21 Å². The Morgan fingerprint density at radius 3 is 2.76 bits per heavy atom. The Labute approximate surface area is 148 Å². The van der Waals surface area contributed by atoms with Gasteiger partial charge in [0.15, 0.2) is 5.58 Å². The quantitative estimate of drug-likeness (QED) is 0.927. The molecule has 1 aromatic heterocycles. The Kier molecular flexibility index (Phi) is 4.61. The van der Waals surface area contributed by atoms with Gasteiger partial charge in [0.1, 0.15) is 5.52 Å². The van der Waals surface area contributed by atoms with Crippen molar-refractivity contribution in [2.75, 3.05) is 38.1 Å². The molecule has 3 heterocycles. The van der Waals surface area contributed by atoms with Crippen LogP contribution in [0.15, 0.2) is 28.7 Å². The van der Waals surface area contributed by atoms with E-state index >= 15 is 0 Å². The Bertz CT molecular complexity index is 703. The molecule has 0 unspecified atom stereocenters. The second-order valence-corrected chi connectivity index (χ2v) is 7.13. The molecular weight excluding hydrogens is 316 g/mol. The third-order valence-electron chi connectivity index (χ3n) is 5.60. The van der Waals surface area contributed by atoms with Crippen LogP contribution in [-0.2, 0) is 4.79 Å². The molecule has 6 heteroatoms. The number of aromatic nitrogens is 1. The number of carbonyl (C=O) groups excluding carboxylic acids is 1. The molecule has 2 aliphatic rings. The molecule has 0 saturated carbocycles. The van der Waals surface area contributed by atoms with E-state index in [0.717, 1.165) is 69.0 Å². The molecule has 1 amide bonds. The fraction of sp³-hybridized carbons (Fsp3) is 0.579. The van der Waals surface area contributed by atoms with Crippen molar-refractivity contribution in [3.63, 3.8) is 0 Å². The number of fused-ring (bicyclic) bond motifs is 1. The van der Waals surface area contributed by atoms with Crippen LogP contribution in [0.25, 0.3) is 11.1 Å². The first-order chi connectivity index (χ1) is 12.2. The van der Waals surface area contributed by atoms with Crippen molar-refractivity contribution >= 4 is 23.0 Å². The van der Waals surface area contributed by atoms with Crippen LogP contribution in [0.3, 0.4) is 0 Å². The number of nitrogens with one attached hydrogen (secondary N) is 1. The highest BCUT2D eigenvalue weighted by atomic mass is 16.4. The van der Waals surface area contributed by atoms with Crippen molar-refractivity contribution in [2.45, 2.75) is 31.7 Å². The van der Waals surface area contributed by atoms with Crippen LogP contribution in [0.2, 0.25) is 0 Å². The minimum Gasteiger partial charge on any atom is -0.423 e. The van der Waals surface area contributed by atoms with Gasteiger partial charge in [0.2, 0.25) is 5.91 Å². The molecule has 1 aromatic carbocycles. The molecule has 0 bridgehead atoms. The zero-order valence-corrected chi connectivity index (χ0v) is 14.8. The number of anilines is 1. The summed E-state index contributed by atoms with van der Waals surface area (Å²) in [5.74, 6) is 0.336. The number of likely N-dealkylation sites (tertiary alicyclic amines) is 1. The van der Waals surface area contributed by atoms with Crippen molar-refractivity contribution in [3.05, 3.63) is 24.3 Å². The number of benzene rings is 1. The second kappa shape index (κ2) is 7.04. The van der Waals surface area contributed by atoms with Crippen LogP contribution in [0, 0.1) is 5.92 Å². The number of para-hydroxylation sites is 2. The number of nitrogens with zero attached hydrogens (tertiary/aromatic N) is 3. The van der Waals surface area contributed by atoms with E-state index in [-0.39, 0.29) is 11.8 Å². The van der Waals surface area contributed by atoms with Crippen LogP contribution in [0.5, 0.6) is 0 Å². The minimum atomic E-state index is 0.147. The van der Waals surface area contributed by atoms with E-state index in [9.17, 15) is 4.79 Å². The molecule has 2 saturated heterocycles. The molecule has 2 aliphatic heterocycles. The van der Waals surface area contributed by atoms with Gasteiger partial charge in [-0.2, -0.15) is 4.98 Å². The van der Waals surface area contributed by atoms with Crippen LogP contribution >= 0.6 is 0 Å². The Hall–Kier alpha value is -2.08. The van der Waals surface area contributed by atoms with Crippen molar-refractivity contribution in [3.8, 4) is 0 Å².